The molecule has 0 amide bonds. The minimum absolute atomic E-state index is 0.948. The topological polar surface area (TPSA) is 6.48 Å². The first kappa shape index (κ1) is 22.4. The van der Waals surface area contributed by atoms with Gasteiger partial charge in [0.2, 0.25) is 0 Å². The zero-order valence-corrected chi connectivity index (χ0v) is 19.4. The van der Waals surface area contributed by atoms with Crippen molar-refractivity contribution in [2.24, 2.45) is 0 Å². The highest BCUT2D eigenvalue weighted by Gasteiger charge is 2.09. The molecule has 0 bridgehead atoms. The van der Waals surface area contributed by atoms with Crippen molar-refractivity contribution in [3.63, 3.8) is 0 Å². The van der Waals surface area contributed by atoms with Crippen LogP contribution in [0.4, 0.5) is 0 Å². The van der Waals surface area contributed by atoms with E-state index in [1.54, 1.807) is 43.2 Å². The van der Waals surface area contributed by atoms with Gasteiger partial charge in [0, 0.05) is 36.0 Å². The van der Waals surface area contributed by atoms with Crippen LogP contribution < -0.4 is 0 Å². The van der Waals surface area contributed by atoms with Crippen molar-refractivity contribution < 1.29 is 0 Å². The molecule has 0 atom stereocenters. The van der Waals surface area contributed by atoms with Gasteiger partial charge in [0.05, 0.1) is 0 Å². The number of nitrogens with zero attached hydrogens (tertiary/aromatic N) is 2. The van der Waals surface area contributed by atoms with E-state index >= 15 is 0 Å². The second-order valence-corrected chi connectivity index (χ2v) is 10.4. The fourth-order valence-corrected chi connectivity index (χ4v) is 6.78. The maximum atomic E-state index is 5.46. The number of hydrogen-bond acceptors (Lipinski definition) is 6. The van der Waals surface area contributed by atoms with Gasteiger partial charge in [-0.05, 0) is 73.5 Å². The van der Waals surface area contributed by atoms with Gasteiger partial charge in [0.25, 0.3) is 0 Å². The first-order valence-electron chi connectivity index (χ1n) is 7.92. The van der Waals surface area contributed by atoms with Crippen molar-refractivity contribution in [1.82, 2.24) is 9.80 Å². The van der Waals surface area contributed by atoms with E-state index in [-0.39, 0.29) is 0 Å². The van der Waals surface area contributed by atoms with Crippen LogP contribution in [-0.2, 0) is 0 Å². The Kier molecular flexibility index (Phi) is 11.9. The zero-order chi connectivity index (χ0) is 17.9. The molecule has 2 nitrogen and oxygen atoms in total. The van der Waals surface area contributed by atoms with Crippen molar-refractivity contribution >= 4 is 76.3 Å². The average Bonchev–Trinajstić information content (AvgIpc) is 2.61. The van der Waals surface area contributed by atoms with E-state index in [1.165, 1.54) is 9.79 Å². The quantitative estimate of drug-likeness (QED) is 0.336. The van der Waals surface area contributed by atoms with Gasteiger partial charge in [-0.15, -0.1) is 0 Å². The van der Waals surface area contributed by atoms with Crippen LogP contribution in [0.3, 0.4) is 0 Å². The molecule has 0 aliphatic carbocycles. The number of benzene rings is 1. The Morgan fingerprint density at radius 2 is 1.00 bits per heavy atom. The fraction of sp³-hybridized carbons (Fsp3) is 0.500. The first-order valence-corrected chi connectivity index (χ1v) is 13.0. The lowest BCUT2D eigenvalue weighted by molar-refractivity contribution is 0.482. The first-order chi connectivity index (χ1) is 11.5. The molecule has 8 heteroatoms. The van der Waals surface area contributed by atoms with Gasteiger partial charge in [-0.2, -0.15) is 0 Å². The average molecular weight is 437 g/mol. The molecule has 0 aliphatic rings. The van der Waals surface area contributed by atoms with Gasteiger partial charge in [-0.1, -0.05) is 46.0 Å². The van der Waals surface area contributed by atoms with Crippen LogP contribution in [0.25, 0.3) is 0 Å². The number of rotatable bonds is 8. The number of hydrogen-bond donors (Lipinski definition) is 0. The molecule has 0 fully saturated rings. The molecule has 0 aromatic heterocycles. The second-order valence-electron chi connectivity index (χ2n) is 4.68. The Balaban J connectivity index is 2.46. The summed E-state index contributed by atoms with van der Waals surface area (Å²) in [6.07, 6.45) is 0. The summed E-state index contributed by atoms with van der Waals surface area (Å²) in [5.41, 5.74) is 0. The summed E-state index contributed by atoms with van der Waals surface area (Å²) < 4.78 is 1.90. The molecule has 1 rings (SSSR count). The third kappa shape index (κ3) is 7.74. The second kappa shape index (κ2) is 12.7. The van der Waals surface area contributed by atoms with Crippen LogP contribution in [-0.4, -0.2) is 44.6 Å². The zero-order valence-electron chi connectivity index (χ0n) is 14.5. The fourth-order valence-electron chi connectivity index (χ4n) is 1.79. The Hall–Kier alpha value is 0.400. The van der Waals surface area contributed by atoms with E-state index in [4.69, 9.17) is 24.4 Å². The summed E-state index contributed by atoms with van der Waals surface area (Å²) in [7, 11) is 6.74. The Morgan fingerprint density at radius 3 is 1.25 bits per heavy atom. The summed E-state index contributed by atoms with van der Waals surface area (Å²) >= 11 is 10.9. The lowest BCUT2D eigenvalue weighted by Crippen LogP contribution is -2.25. The summed E-state index contributed by atoms with van der Waals surface area (Å²) in [6, 6.07) is 8.58. The Labute approximate surface area is 173 Å². The Morgan fingerprint density at radius 1 is 0.708 bits per heavy atom. The molecule has 0 radical (unpaired) electrons. The normalized spacial score (nSPS) is 10.5. The third-order valence-corrected chi connectivity index (χ3v) is 9.43. The van der Waals surface area contributed by atoms with Crippen molar-refractivity contribution in [3.05, 3.63) is 24.3 Å². The molecule has 0 heterocycles. The van der Waals surface area contributed by atoms with Gasteiger partial charge in [-0.3, -0.25) is 0 Å². The van der Waals surface area contributed by atoms with Crippen LogP contribution in [0, 0.1) is 0 Å². The highest BCUT2D eigenvalue weighted by Crippen LogP contribution is 2.37. The highest BCUT2D eigenvalue weighted by atomic mass is 33.1. The maximum absolute atomic E-state index is 5.46. The van der Waals surface area contributed by atoms with E-state index in [0.29, 0.717) is 0 Å². The predicted molar refractivity (Wildman–Crippen MR) is 124 cm³/mol. The van der Waals surface area contributed by atoms with E-state index < -0.39 is 0 Å². The molecular weight excluding hydrogens is 413 g/mol. The van der Waals surface area contributed by atoms with Crippen molar-refractivity contribution in [3.8, 4) is 0 Å². The summed E-state index contributed by atoms with van der Waals surface area (Å²) in [4.78, 5) is 6.83. The molecule has 134 valence electrons. The molecule has 1 aromatic rings. The van der Waals surface area contributed by atoms with Crippen LogP contribution in [0.2, 0.25) is 0 Å². The van der Waals surface area contributed by atoms with Gasteiger partial charge in [0.1, 0.15) is 8.64 Å². The van der Waals surface area contributed by atoms with Crippen LogP contribution in [0.5, 0.6) is 0 Å². The predicted octanol–water partition coefficient (Wildman–Crippen LogP) is 6.42. The summed E-state index contributed by atoms with van der Waals surface area (Å²) in [5.74, 6) is 0. The molecular formula is C16H24N2S6. The summed E-state index contributed by atoms with van der Waals surface area (Å²) in [5, 5.41) is 0. The standard InChI is InChI=1S/C16H24N2S6/c1-5-17(6-2)15(19)23-21-13-9-11-14(12-10-13)22-24-16(20)18(7-3)8-4/h9-12H,5-8H2,1-4H3. The molecule has 0 N–H and O–H groups in total. The minimum atomic E-state index is 0.948. The maximum Gasteiger partial charge on any atom is 0.147 e. The monoisotopic (exact) mass is 436 g/mol. The van der Waals surface area contributed by atoms with Crippen LogP contribution in [0.15, 0.2) is 34.1 Å². The molecule has 0 unspecified atom stereocenters. The minimum Gasteiger partial charge on any atom is -0.357 e. The van der Waals surface area contributed by atoms with Gasteiger partial charge in [0.15, 0.2) is 0 Å². The number of thiocarbonyl (C=S) groups is 2. The molecule has 0 saturated carbocycles. The lowest BCUT2D eigenvalue weighted by atomic mass is 10.4. The molecule has 24 heavy (non-hydrogen) atoms. The third-order valence-electron chi connectivity index (χ3n) is 3.29. The van der Waals surface area contributed by atoms with Crippen molar-refractivity contribution in [1.29, 1.82) is 0 Å². The molecule has 0 spiro atoms. The van der Waals surface area contributed by atoms with Gasteiger partial charge < -0.3 is 9.80 Å². The smallest absolute Gasteiger partial charge is 0.147 e. The SMILES string of the molecule is CCN(CC)C(=S)SSc1ccc(SSC(=S)N(CC)CC)cc1. The lowest BCUT2D eigenvalue weighted by Gasteiger charge is -2.20. The largest absolute Gasteiger partial charge is 0.357 e. The van der Waals surface area contributed by atoms with E-state index in [9.17, 15) is 0 Å². The van der Waals surface area contributed by atoms with Gasteiger partial charge >= 0.3 is 0 Å². The van der Waals surface area contributed by atoms with Gasteiger partial charge in [-0.25, -0.2) is 0 Å². The van der Waals surface area contributed by atoms with Crippen LogP contribution >= 0.6 is 67.6 Å². The van der Waals surface area contributed by atoms with Crippen LogP contribution in [0.1, 0.15) is 27.7 Å². The Bertz CT molecular complexity index is 465. The van der Waals surface area contributed by atoms with Crippen molar-refractivity contribution in [2.45, 2.75) is 37.5 Å². The van der Waals surface area contributed by atoms with Crippen molar-refractivity contribution in [2.75, 3.05) is 26.2 Å². The molecule has 0 saturated heterocycles. The highest BCUT2D eigenvalue weighted by molar-refractivity contribution is 8.84. The molecule has 0 aliphatic heterocycles. The summed E-state index contributed by atoms with van der Waals surface area (Å²) in [6.45, 7) is 12.4. The van der Waals surface area contributed by atoms with E-state index in [2.05, 4.69) is 61.8 Å². The van der Waals surface area contributed by atoms with E-state index in [1.807, 2.05) is 0 Å². The molecule has 1 aromatic carbocycles. The van der Waals surface area contributed by atoms with E-state index in [0.717, 1.165) is 34.8 Å².